The van der Waals surface area contributed by atoms with Crippen molar-refractivity contribution in [2.75, 3.05) is 6.54 Å². The third-order valence-corrected chi connectivity index (χ3v) is 4.24. The molecule has 0 aromatic carbocycles. The first-order chi connectivity index (χ1) is 8.52. The minimum absolute atomic E-state index is 0.102. The van der Waals surface area contributed by atoms with Gasteiger partial charge in [-0.15, -0.1) is 0 Å². The maximum Gasteiger partial charge on any atom is 0.317 e. The monoisotopic (exact) mass is 315 g/mol. The van der Waals surface area contributed by atoms with Crippen molar-refractivity contribution in [1.29, 1.82) is 0 Å². The Morgan fingerprint density at radius 3 is 2.78 bits per heavy atom. The third-order valence-electron chi connectivity index (χ3n) is 3.21. The number of rotatable bonds is 6. The Hall–Kier alpha value is -0.880. The second kappa shape index (κ2) is 5.40. The molecule has 2 rings (SSSR count). The van der Waals surface area contributed by atoms with Crippen molar-refractivity contribution in [2.45, 2.75) is 45.8 Å². The van der Waals surface area contributed by atoms with E-state index in [4.69, 9.17) is 5.11 Å². The summed E-state index contributed by atoms with van der Waals surface area (Å²) in [5.74, 6) is -0.766. The molecule has 0 radical (unpaired) electrons. The summed E-state index contributed by atoms with van der Waals surface area (Å²) in [6, 6.07) is 0.425. The van der Waals surface area contributed by atoms with Gasteiger partial charge in [-0.1, -0.05) is 0 Å². The molecule has 5 nitrogen and oxygen atoms in total. The molecule has 1 aliphatic carbocycles. The number of aromatic nitrogens is 2. The van der Waals surface area contributed by atoms with E-state index in [0.717, 1.165) is 35.2 Å². The first kappa shape index (κ1) is 13.5. The minimum atomic E-state index is -0.766. The van der Waals surface area contributed by atoms with Crippen LogP contribution in [-0.2, 0) is 17.9 Å². The SMILES string of the molecule is CCn1nc(C)c(Br)c1CN(CC(=O)O)C1CC1. The molecule has 1 heterocycles. The molecule has 0 amide bonds. The number of hydrogen-bond acceptors (Lipinski definition) is 3. The zero-order chi connectivity index (χ0) is 13.3. The maximum atomic E-state index is 10.9. The van der Waals surface area contributed by atoms with E-state index >= 15 is 0 Å². The fraction of sp³-hybridized carbons (Fsp3) is 0.667. The number of halogens is 1. The molecule has 0 spiro atoms. The molecule has 18 heavy (non-hydrogen) atoms. The van der Waals surface area contributed by atoms with E-state index in [1.165, 1.54) is 0 Å². The zero-order valence-corrected chi connectivity index (χ0v) is 12.3. The predicted octanol–water partition coefficient (Wildman–Crippen LogP) is 2.02. The highest BCUT2D eigenvalue weighted by Gasteiger charge is 2.31. The summed E-state index contributed by atoms with van der Waals surface area (Å²) in [7, 11) is 0. The van der Waals surface area contributed by atoms with Crippen LogP contribution in [0.25, 0.3) is 0 Å². The molecule has 6 heteroatoms. The van der Waals surface area contributed by atoms with Crippen molar-refractivity contribution in [2.24, 2.45) is 0 Å². The average molecular weight is 316 g/mol. The van der Waals surface area contributed by atoms with Gasteiger partial charge in [-0.3, -0.25) is 14.4 Å². The second-order valence-electron chi connectivity index (χ2n) is 4.69. The molecule has 0 saturated heterocycles. The van der Waals surface area contributed by atoms with Crippen LogP contribution in [0, 0.1) is 6.92 Å². The highest BCUT2D eigenvalue weighted by atomic mass is 79.9. The quantitative estimate of drug-likeness (QED) is 0.872. The Balaban J connectivity index is 2.17. The highest BCUT2D eigenvalue weighted by Crippen LogP contribution is 2.30. The summed E-state index contributed by atoms with van der Waals surface area (Å²) < 4.78 is 2.94. The molecule has 1 aliphatic rings. The van der Waals surface area contributed by atoms with Gasteiger partial charge in [-0.05, 0) is 42.6 Å². The van der Waals surface area contributed by atoms with Gasteiger partial charge in [-0.25, -0.2) is 0 Å². The average Bonchev–Trinajstić information content (AvgIpc) is 3.10. The van der Waals surface area contributed by atoms with Crippen molar-refractivity contribution in [3.05, 3.63) is 15.9 Å². The Bertz CT molecular complexity index is 454. The van der Waals surface area contributed by atoms with Crippen LogP contribution >= 0.6 is 15.9 Å². The summed E-state index contributed by atoms with van der Waals surface area (Å²) in [6.07, 6.45) is 2.20. The molecule has 0 unspecified atom stereocenters. The van der Waals surface area contributed by atoms with Crippen LogP contribution in [-0.4, -0.2) is 38.3 Å². The van der Waals surface area contributed by atoms with E-state index in [9.17, 15) is 4.79 Å². The second-order valence-corrected chi connectivity index (χ2v) is 5.48. The number of carbonyl (C=O) groups is 1. The Labute approximate surface area is 115 Å². The predicted molar refractivity (Wildman–Crippen MR) is 71.4 cm³/mol. The number of nitrogens with zero attached hydrogens (tertiary/aromatic N) is 3. The number of aliphatic carboxylic acids is 1. The standard InChI is InChI=1S/C12H18BrN3O2/c1-3-16-10(12(13)8(2)14-16)6-15(7-11(17)18)9-4-5-9/h9H,3-7H2,1-2H3,(H,17,18). The minimum Gasteiger partial charge on any atom is -0.480 e. The molecule has 0 atom stereocenters. The largest absolute Gasteiger partial charge is 0.480 e. The molecule has 0 aliphatic heterocycles. The molecular weight excluding hydrogens is 298 g/mol. The van der Waals surface area contributed by atoms with Gasteiger partial charge in [0.25, 0.3) is 0 Å². The third kappa shape index (κ3) is 2.92. The van der Waals surface area contributed by atoms with E-state index in [1.54, 1.807) is 0 Å². The van der Waals surface area contributed by atoms with Crippen LogP contribution < -0.4 is 0 Å². The van der Waals surface area contributed by atoms with E-state index < -0.39 is 5.97 Å². The van der Waals surface area contributed by atoms with Crippen LogP contribution in [0.1, 0.15) is 31.2 Å². The maximum absolute atomic E-state index is 10.9. The van der Waals surface area contributed by atoms with Gasteiger partial charge >= 0.3 is 5.97 Å². The lowest BCUT2D eigenvalue weighted by Gasteiger charge is -2.20. The van der Waals surface area contributed by atoms with Crippen LogP contribution in [0.3, 0.4) is 0 Å². The topological polar surface area (TPSA) is 58.4 Å². The van der Waals surface area contributed by atoms with Gasteiger partial charge in [0.1, 0.15) is 0 Å². The summed E-state index contributed by atoms with van der Waals surface area (Å²) in [4.78, 5) is 12.9. The normalized spacial score (nSPS) is 15.3. The van der Waals surface area contributed by atoms with E-state index in [2.05, 4.69) is 21.0 Å². The van der Waals surface area contributed by atoms with Crippen LogP contribution in [0.2, 0.25) is 0 Å². The van der Waals surface area contributed by atoms with Gasteiger partial charge in [0.15, 0.2) is 0 Å². The number of aryl methyl sites for hydroxylation is 2. The number of carboxylic acids is 1. The fourth-order valence-electron chi connectivity index (χ4n) is 2.14. The van der Waals surface area contributed by atoms with E-state index in [0.29, 0.717) is 12.6 Å². The van der Waals surface area contributed by atoms with Gasteiger partial charge in [-0.2, -0.15) is 5.10 Å². The zero-order valence-electron chi connectivity index (χ0n) is 10.7. The smallest absolute Gasteiger partial charge is 0.317 e. The molecule has 1 aromatic heterocycles. The van der Waals surface area contributed by atoms with Gasteiger partial charge in [0.05, 0.1) is 22.4 Å². The van der Waals surface area contributed by atoms with Crippen molar-refractivity contribution in [1.82, 2.24) is 14.7 Å². The lowest BCUT2D eigenvalue weighted by atomic mass is 10.3. The molecule has 1 fully saturated rings. The molecule has 0 bridgehead atoms. The Morgan fingerprint density at radius 2 is 2.28 bits per heavy atom. The van der Waals surface area contributed by atoms with Crippen LogP contribution in [0.5, 0.6) is 0 Å². The highest BCUT2D eigenvalue weighted by molar-refractivity contribution is 9.10. The molecular formula is C12H18BrN3O2. The number of hydrogen-bond donors (Lipinski definition) is 1. The van der Waals surface area contributed by atoms with Gasteiger partial charge in [0.2, 0.25) is 0 Å². The summed E-state index contributed by atoms with van der Waals surface area (Å²) >= 11 is 3.55. The number of carboxylic acid groups (broad SMARTS) is 1. The summed E-state index contributed by atoms with van der Waals surface area (Å²) in [5.41, 5.74) is 2.03. The molecule has 1 aromatic rings. The lowest BCUT2D eigenvalue weighted by Crippen LogP contribution is -2.32. The first-order valence-corrected chi connectivity index (χ1v) is 6.99. The van der Waals surface area contributed by atoms with E-state index in [1.807, 2.05) is 23.4 Å². The van der Waals surface area contributed by atoms with Crippen molar-refractivity contribution in [3.8, 4) is 0 Å². The van der Waals surface area contributed by atoms with E-state index in [-0.39, 0.29) is 6.54 Å². The van der Waals surface area contributed by atoms with Crippen LogP contribution in [0.15, 0.2) is 4.47 Å². The van der Waals surface area contributed by atoms with Crippen LogP contribution in [0.4, 0.5) is 0 Å². The Kier molecular flexibility index (Phi) is 4.07. The summed E-state index contributed by atoms with van der Waals surface area (Å²) in [6.45, 7) is 5.55. The van der Waals surface area contributed by atoms with Crippen molar-refractivity contribution in [3.63, 3.8) is 0 Å². The van der Waals surface area contributed by atoms with Crippen molar-refractivity contribution < 1.29 is 9.90 Å². The molecule has 1 saturated carbocycles. The Morgan fingerprint density at radius 1 is 1.61 bits per heavy atom. The van der Waals surface area contributed by atoms with Crippen molar-refractivity contribution >= 4 is 21.9 Å². The summed E-state index contributed by atoms with van der Waals surface area (Å²) in [5, 5.41) is 13.4. The fourth-order valence-corrected chi connectivity index (χ4v) is 2.55. The van der Waals surface area contributed by atoms with Gasteiger partial charge in [0, 0.05) is 19.1 Å². The van der Waals surface area contributed by atoms with Gasteiger partial charge < -0.3 is 5.11 Å². The molecule has 1 N–H and O–H groups in total. The first-order valence-electron chi connectivity index (χ1n) is 6.20. The lowest BCUT2D eigenvalue weighted by molar-refractivity contribution is -0.138. The molecule has 100 valence electrons.